The predicted molar refractivity (Wildman–Crippen MR) is 70.9 cm³/mol. The van der Waals surface area contributed by atoms with Gasteiger partial charge in [-0.25, -0.2) is 4.68 Å². The van der Waals surface area contributed by atoms with Crippen molar-refractivity contribution in [1.82, 2.24) is 15.1 Å². The first-order chi connectivity index (χ1) is 9.20. The molecule has 0 saturated heterocycles. The maximum absolute atomic E-state index is 11.8. The van der Waals surface area contributed by atoms with E-state index in [-0.39, 0.29) is 18.0 Å². The van der Waals surface area contributed by atoms with Gasteiger partial charge in [0, 0.05) is 18.7 Å². The summed E-state index contributed by atoms with van der Waals surface area (Å²) in [5.41, 5.74) is 0.495. The summed E-state index contributed by atoms with van der Waals surface area (Å²) in [5, 5.41) is 10.1. The van der Waals surface area contributed by atoms with E-state index in [1.165, 1.54) is 23.6 Å². The van der Waals surface area contributed by atoms with Crippen molar-refractivity contribution in [3.05, 3.63) is 22.6 Å². The van der Waals surface area contributed by atoms with E-state index in [9.17, 15) is 9.59 Å². The summed E-state index contributed by atoms with van der Waals surface area (Å²) in [4.78, 5) is 23.5. The first-order valence-corrected chi connectivity index (χ1v) is 6.81. The molecular formula is C13H18N4O2. The highest BCUT2D eigenvalue weighted by molar-refractivity contribution is 5.75. The standard InChI is InChI=1S/C13H18N4O2/c18-12(14-6-9-1-2-9)8-17-13(19)5-11(7-15-17)16-10-3-4-10/h5,7,9-10,16H,1-4,6,8H2,(H,14,18). The van der Waals surface area contributed by atoms with E-state index in [0.29, 0.717) is 12.0 Å². The molecule has 6 nitrogen and oxygen atoms in total. The van der Waals surface area contributed by atoms with Gasteiger partial charge in [0.05, 0.1) is 11.9 Å². The zero-order valence-corrected chi connectivity index (χ0v) is 10.8. The molecule has 2 fully saturated rings. The number of carbonyl (C=O) groups is 1. The van der Waals surface area contributed by atoms with Gasteiger partial charge in [0.25, 0.3) is 5.56 Å². The number of carbonyl (C=O) groups excluding carboxylic acids is 1. The molecular weight excluding hydrogens is 244 g/mol. The molecule has 0 bridgehead atoms. The second kappa shape index (κ2) is 5.03. The van der Waals surface area contributed by atoms with Crippen LogP contribution in [0.15, 0.2) is 17.1 Å². The maximum atomic E-state index is 11.8. The minimum absolute atomic E-state index is 0.00470. The molecule has 0 atom stereocenters. The van der Waals surface area contributed by atoms with Crippen LogP contribution in [0.25, 0.3) is 0 Å². The SMILES string of the molecule is O=C(Cn1ncc(NC2CC2)cc1=O)NCC1CC1. The van der Waals surface area contributed by atoms with Gasteiger partial charge >= 0.3 is 0 Å². The van der Waals surface area contributed by atoms with Crippen LogP contribution in [0, 0.1) is 5.92 Å². The van der Waals surface area contributed by atoms with E-state index >= 15 is 0 Å². The molecule has 1 aromatic rings. The largest absolute Gasteiger partial charge is 0.381 e. The second-order valence-electron chi connectivity index (χ2n) is 5.41. The zero-order valence-electron chi connectivity index (χ0n) is 10.8. The Bertz CT molecular complexity index is 532. The van der Waals surface area contributed by atoms with Crippen molar-refractivity contribution >= 4 is 11.6 Å². The van der Waals surface area contributed by atoms with Crippen LogP contribution >= 0.6 is 0 Å². The molecule has 6 heteroatoms. The number of nitrogens with one attached hydrogen (secondary N) is 2. The molecule has 1 amide bonds. The third-order valence-corrected chi connectivity index (χ3v) is 3.40. The van der Waals surface area contributed by atoms with Crippen molar-refractivity contribution in [1.29, 1.82) is 0 Å². The van der Waals surface area contributed by atoms with E-state index in [1.54, 1.807) is 6.20 Å². The normalized spacial score (nSPS) is 18.1. The Kier molecular flexibility index (Phi) is 3.23. The van der Waals surface area contributed by atoms with Gasteiger partial charge in [0.1, 0.15) is 6.54 Å². The van der Waals surface area contributed by atoms with E-state index in [1.807, 2.05) is 0 Å². The van der Waals surface area contributed by atoms with E-state index < -0.39 is 0 Å². The maximum Gasteiger partial charge on any atom is 0.269 e. The summed E-state index contributed by atoms with van der Waals surface area (Å²) in [6, 6.07) is 1.98. The second-order valence-corrected chi connectivity index (χ2v) is 5.41. The van der Waals surface area contributed by atoms with Gasteiger partial charge in [-0.3, -0.25) is 9.59 Å². The number of amides is 1. The molecule has 1 aromatic heterocycles. The van der Waals surface area contributed by atoms with Crippen LogP contribution in [0.2, 0.25) is 0 Å². The number of nitrogens with zero attached hydrogens (tertiary/aromatic N) is 2. The van der Waals surface area contributed by atoms with Gasteiger partial charge in [0.2, 0.25) is 5.91 Å². The lowest BCUT2D eigenvalue weighted by Crippen LogP contribution is -2.34. The quantitative estimate of drug-likeness (QED) is 0.775. The summed E-state index contributed by atoms with van der Waals surface area (Å²) in [6.45, 7) is 0.712. The van der Waals surface area contributed by atoms with Crippen molar-refractivity contribution in [2.24, 2.45) is 5.92 Å². The molecule has 0 aliphatic heterocycles. The van der Waals surface area contributed by atoms with Gasteiger partial charge in [-0.2, -0.15) is 5.10 Å². The van der Waals surface area contributed by atoms with Crippen LogP contribution < -0.4 is 16.2 Å². The van der Waals surface area contributed by atoms with E-state index in [4.69, 9.17) is 0 Å². The third-order valence-electron chi connectivity index (χ3n) is 3.40. The molecule has 3 rings (SSSR count). The van der Waals surface area contributed by atoms with Crippen LogP contribution in [0.1, 0.15) is 25.7 Å². The highest BCUT2D eigenvalue weighted by Gasteiger charge is 2.22. The average Bonchev–Trinajstić information content (AvgIpc) is 3.24. The van der Waals surface area contributed by atoms with Crippen LogP contribution in [0.4, 0.5) is 5.69 Å². The van der Waals surface area contributed by atoms with Crippen LogP contribution in [-0.4, -0.2) is 28.3 Å². The van der Waals surface area contributed by atoms with E-state index in [2.05, 4.69) is 15.7 Å². The lowest BCUT2D eigenvalue weighted by Gasteiger charge is -2.07. The molecule has 19 heavy (non-hydrogen) atoms. The van der Waals surface area contributed by atoms with Gasteiger partial charge in [-0.1, -0.05) is 0 Å². The Morgan fingerprint density at radius 2 is 2.16 bits per heavy atom. The first kappa shape index (κ1) is 12.2. The fourth-order valence-electron chi connectivity index (χ4n) is 1.87. The van der Waals surface area contributed by atoms with Gasteiger partial charge < -0.3 is 10.6 Å². The molecule has 2 aliphatic carbocycles. The predicted octanol–water partition coefficient (Wildman–Crippen LogP) is 0.344. The lowest BCUT2D eigenvalue weighted by molar-refractivity contribution is -0.121. The Labute approximate surface area is 111 Å². The Morgan fingerprint density at radius 3 is 2.79 bits per heavy atom. The van der Waals surface area contributed by atoms with Gasteiger partial charge in [0.15, 0.2) is 0 Å². The third kappa shape index (κ3) is 3.56. The van der Waals surface area contributed by atoms with Crippen molar-refractivity contribution in [2.75, 3.05) is 11.9 Å². The summed E-state index contributed by atoms with van der Waals surface area (Å²) >= 11 is 0. The van der Waals surface area contributed by atoms with Crippen LogP contribution in [0.3, 0.4) is 0 Å². The molecule has 2 N–H and O–H groups in total. The van der Waals surface area contributed by atoms with Crippen molar-refractivity contribution in [3.63, 3.8) is 0 Å². The van der Waals surface area contributed by atoms with Crippen LogP contribution in [0.5, 0.6) is 0 Å². The molecule has 2 saturated carbocycles. The van der Waals surface area contributed by atoms with E-state index in [0.717, 1.165) is 25.1 Å². The lowest BCUT2D eigenvalue weighted by atomic mass is 10.4. The molecule has 0 radical (unpaired) electrons. The monoisotopic (exact) mass is 262 g/mol. The molecule has 102 valence electrons. The Hall–Kier alpha value is -1.85. The zero-order chi connectivity index (χ0) is 13.2. The fraction of sp³-hybridized carbons (Fsp3) is 0.615. The first-order valence-electron chi connectivity index (χ1n) is 6.81. The number of rotatable bonds is 6. The minimum atomic E-state index is -0.243. The van der Waals surface area contributed by atoms with Crippen molar-refractivity contribution < 1.29 is 4.79 Å². The Morgan fingerprint density at radius 1 is 1.37 bits per heavy atom. The summed E-state index contributed by atoms with van der Waals surface area (Å²) < 4.78 is 1.19. The minimum Gasteiger partial charge on any atom is -0.381 e. The average molecular weight is 262 g/mol. The highest BCUT2D eigenvalue weighted by Crippen LogP contribution is 2.27. The summed E-state index contributed by atoms with van der Waals surface area (Å²) in [6.07, 6.45) is 6.28. The molecule has 2 aliphatic rings. The number of aromatic nitrogens is 2. The summed E-state index contributed by atoms with van der Waals surface area (Å²) in [5.74, 6) is 0.489. The molecule has 0 aromatic carbocycles. The molecule has 0 unspecified atom stereocenters. The Balaban J connectivity index is 1.56. The number of hydrogen-bond acceptors (Lipinski definition) is 4. The van der Waals surface area contributed by atoms with Gasteiger partial charge in [-0.05, 0) is 31.6 Å². The van der Waals surface area contributed by atoms with Gasteiger partial charge in [-0.15, -0.1) is 0 Å². The number of hydrogen-bond donors (Lipinski definition) is 2. The molecule has 0 spiro atoms. The highest BCUT2D eigenvalue weighted by atomic mass is 16.2. The smallest absolute Gasteiger partial charge is 0.269 e. The van der Waals surface area contributed by atoms with Crippen molar-refractivity contribution in [2.45, 2.75) is 38.3 Å². The topological polar surface area (TPSA) is 76.0 Å². The summed E-state index contributed by atoms with van der Waals surface area (Å²) in [7, 11) is 0. The fourth-order valence-corrected chi connectivity index (χ4v) is 1.87. The number of anilines is 1. The van der Waals surface area contributed by atoms with Crippen LogP contribution in [-0.2, 0) is 11.3 Å². The van der Waals surface area contributed by atoms with Crippen molar-refractivity contribution in [3.8, 4) is 0 Å². The molecule has 1 heterocycles.